The number of halogens is 2. The first-order valence-corrected chi connectivity index (χ1v) is 5.66. The highest BCUT2D eigenvalue weighted by Crippen LogP contribution is 2.25. The van der Waals surface area contributed by atoms with Crippen LogP contribution in [0.4, 0.5) is 8.78 Å². The Balaban J connectivity index is 2.24. The monoisotopic (exact) mass is 239 g/mol. The molecule has 0 aliphatic heterocycles. The van der Waals surface area contributed by atoms with E-state index in [1.54, 1.807) is 0 Å². The van der Waals surface area contributed by atoms with Gasteiger partial charge in [-0.2, -0.15) is 0 Å². The van der Waals surface area contributed by atoms with Crippen LogP contribution in [0.3, 0.4) is 0 Å². The van der Waals surface area contributed by atoms with E-state index in [2.05, 4.69) is 5.32 Å². The fourth-order valence-electron chi connectivity index (χ4n) is 1.83. The van der Waals surface area contributed by atoms with E-state index in [9.17, 15) is 8.78 Å². The molecular formula is C13H15F2NO. The van der Waals surface area contributed by atoms with Crippen LogP contribution < -0.4 is 5.32 Å². The molecule has 2 rings (SSSR count). The first-order chi connectivity index (χ1) is 8.08. The van der Waals surface area contributed by atoms with Crippen LogP contribution in [-0.2, 0) is 6.42 Å². The Kier molecular flexibility index (Phi) is 3.43. The molecule has 0 spiro atoms. The van der Waals surface area contributed by atoms with E-state index in [1.807, 2.05) is 13.8 Å². The van der Waals surface area contributed by atoms with Crippen molar-refractivity contribution in [1.82, 2.24) is 5.32 Å². The predicted octanol–water partition coefficient (Wildman–Crippen LogP) is 3.25. The van der Waals surface area contributed by atoms with E-state index < -0.39 is 11.6 Å². The summed E-state index contributed by atoms with van der Waals surface area (Å²) in [7, 11) is 0. The third-order valence-electron chi connectivity index (χ3n) is 2.62. The lowest BCUT2D eigenvalue weighted by atomic mass is 10.1. The molecule has 0 unspecified atom stereocenters. The number of rotatable bonds is 4. The molecule has 0 saturated heterocycles. The number of hydrogen-bond donors (Lipinski definition) is 1. The summed E-state index contributed by atoms with van der Waals surface area (Å²) in [5.41, 5.74) is 1.03. The summed E-state index contributed by atoms with van der Waals surface area (Å²) >= 11 is 0. The summed E-state index contributed by atoms with van der Waals surface area (Å²) in [5.74, 6) is -1.18. The molecule has 0 atom stereocenters. The van der Waals surface area contributed by atoms with Crippen LogP contribution in [0.2, 0.25) is 0 Å². The van der Waals surface area contributed by atoms with Crippen LogP contribution in [0.15, 0.2) is 22.8 Å². The first kappa shape index (κ1) is 12.0. The normalized spacial score (nSPS) is 11.6. The fourth-order valence-corrected chi connectivity index (χ4v) is 1.83. The highest BCUT2D eigenvalue weighted by atomic mass is 19.1. The molecule has 0 fully saturated rings. The predicted molar refractivity (Wildman–Crippen MR) is 63.0 cm³/mol. The van der Waals surface area contributed by atoms with Crippen LogP contribution in [-0.4, -0.2) is 12.6 Å². The molecule has 1 heterocycles. The van der Waals surface area contributed by atoms with Gasteiger partial charge in [0.05, 0.1) is 11.6 Å². The molecule has 0 amide bonds. The standard InChI is InChI=1S/C13H15F2NO/c1-8(2)16-4-3-9-7-17-12-6-10(14)5-11(15)13(9)12/h5-8,16H,3-4H2,1-2H3. The first-order valence-electron chi connectivity index (χ1n) is 5.66. The number of fused-ring (bicyclic) bond motifs is 1. The number of nitrogens with one attached hydrogen (secondary N) is 1. The van der Waals surface area contributed by atoms with Gasteiger partial charge < -0.3 is 9.73 Å². The molecule has 0 aliphatic carbocycles. The lowest BCUT2D eigenvalue weighted by molar-refractivity contribution is 0.574. The van der Waals surface area contributed by atoms with Gasteiger partial charge in [0.15, 0.2) is 0 Å². The highest BCUT2D eigenvalue weighted by molar-refractivity contribution is 5.81. The van der Waals surface area contributed by atoms with Gasteiger partial charge in [-0.3, -0.25) is 0 Å². The lowest BCUT2D eigenvalue weighted by Gasteiger charge is -2.06. The van der Waals surface area contributed by atoms with Crippen LogP contribution in [0, 0.1) is 11.6 Å². The Bertz CT molecular complexity index is 519. The summed E-state index contributed by atoms with van der Waals surface area (Å²) in [5, 5.41) is 3.63. The zero-order chi connectivity index (χ0) is 12.4. The van der Waals surface area contributed by atoms with Crippen LogP contribution >= 0.6 is 0 Å². The van der Waals surface area contributed by atoms with E-state index >= 15 is 0 Å². The fraction of sp³-hybridized carbons (Fsp3) is 0.385. The topological polar surface area (TPSA) is 25.2 Å². The minimum Gasteiger partial charge on any atom is -0.464 e. The molecule has 0 aliphatic rings. The van der Waals surface area contributed by atoms with Gasteiger partial charge in [-0.05, 0) is 13.0 Å². The minimum atomic E-state index is -0.615. The Morgan fingerprint density at radius 3 is 2.76 bits per heavy atom. The molecule has 92 valence electrons. The van der Waals surface area contributed by atoms with Gasteiger partial charge in [-0.15, -0.1) is 0 Å². The molecule has 4 heteroatoms. The Morgan fingerprint density at radius 1 is 1.29 bits per heavy atom. The Hall–Kier alpha value is -1.42. The number of hydrogen-bond acceptors (Lipinski definition) is 2. The van der Waals surface area contributed by atoms with Crippen molar-refractivity contribution in [2.24, 2.45) is 0 Å². The summed E-state index contributed by atoms with van der Waals surface area (Å²) in [6.07, 6.45) is 2.16. The highest BCUT2D eigenvalue weighted by Gasteiger charge is 2.12. The van der Waals surface area contributed by atoms with Crippen molar-refractivity contribution in [3.05, 3.63) is 35.6 Å². The van der Waals surface area contributed by atoms with Crippen LogP contribution in [0.25, 0.3) is 11.0 Å². The van der Waals surface area contributed by atoms with E-state index in [0.717, 1.165) is 18.2 Å². The van der Waals surface area contributed by atoms with E-state index in [-0.39, 0.29) is 5.58 Å². The second-order valence-corrected chi connectivity index (χ2v) is 4.38. The van der Waals surface area contributed by atoms with Crippen LogP contribution in [0.1, 0.15) is 19.4 Å². The SMILES string of the molecule is CC(C)NCCc1coc2cc(F)cc(F)c12. The third kappa shape index (κ3) is 2.64. The van der Waals surface area contributed by atoms with Crippen molar-refractivity contribution in [1.29, 1.82) is 0 Å². The van der Waals surface area contributed by atoms with Gasteiger partial charge in [-0.25, -0.2) is 8.78 Å². The van der Waals surface area contributed by atoms with Crippen molar-refractivity contribution in [2.45, 2.75) is 26.3 Å². The average molecular weight is 239 g/mol. The van der Waals surface area contributed by atoms with Crippen LogP contribution in [0.5, 0.6) is 0 Å². The Morgan fingerprint density at radius 2 is 2.06 bits per heavy atom. The van der Waals surface area contributed by atoms with Gasteiger partial charge in [0.2, 0.25) is 0 Å². The lowest BCUT2D eigenvalue weighted by Crippen LogP contribution is -2.24. The van der Waals surface area contributed by atoms with Gasteiger partial charge in [0, 0.05) is 23.7 Å². The van der Waals surface area contributed by atoms with Gasteiger partial charge in [0.1, 0.15) is 17.2 Å². The number of furan rings is 1. The molecule has 1 aromatic heterocycles. The third-order valence-corrected chi connectivity index (χ3v) is 2.62. The average Bonchev–Trinajstić information content (AvgIpc) is 2.60. The zero-order valence-corrected chi connectivity index (χ0v) is 9.89. The summed E-state index contributed by atoms with van der Waals surface area (Å²) in [6.45, 7) is 4.83. The van der Waals surface area contributed by atoms with E-state index in [1.165, 1.54) is 12.3 Å². The molecule has 17 heavy (non-hydrogen) atoms. The molecule has 2 nitrogen and oxygen atoms in total. The zero-order valence-electron chi connectivity index (χ0n) is 9.89. The molecule has 1 aromatic carbocycles. The quantitative estimate of drug-likeness (QED) is 0.886. The maximum absolute atomic E-state index is 13.6. The summed E-state index contributed by atoms with van der Waals surface area (Å²) < 4.78 is 31.7. The molecule has 0 saturated carbocycles. The maximum Gasteiger partial charge on any atom is 0.140 e. The van der Waals surface area contributed by atoms with Crippen molar-refractivity contribution in [3.8, 4) is 0 Å². The van der Waals surface area contributed by atoms with Crippen molar-refractivity contribution in [2.75, 3.05) is 6.54 Å². The second kappa shape index (κ2) is 4.84. The molecular weight excluding hydrogens is 224 g/mol. The molecule has 2 aromatic rings. The Labute approximate surface area is 98.6 Å². The number of benzene rings is 1. The molecule has 0 radical (unpaired) electrons. The van der Waals surface area contributed by atoms with Crippen molar-refractivity contribution in [3.63, 3.8) is 0 Å². The summed E-state index contributed by atoms with van der Waals surface area (Å²) in [4.78, 5) is 0. The van der Waals surface area contributed by atoms with Crippen molar-refractivity contribution >= 4 is 11.0 Å². The van der Waals surface area contributed by atoms with E-state index in [4.69, 9.17) is 4.42 Å². The second-order valence-electron chi connectivity index (χ2n) is 4.38. The van der Waals surface area contributed by atoms with Gasteiger partial charge in [0.25, 0.3) is 0 Å². The van der Waals surface area contributed by atoms with E-state index in [0.29, 0.717) is 17.8 Å². The van der Waals surface area contributed by atoms with Gasteiger partial charge >= 0.3 is 0 Å². The largest absolute Gasteiger partial charge is 0.464 e. The maximum atomic E-state index is 13.6. The summed E-state index contributed by atoms with van der Waals surface area (Å²) in [6, 6.07) is 2.48. The smallest absolute Gasteiger partial charge is 0.140 e. The van der Waals surface area contributed by atoms with Gasteiger partial charge in [-0.1, -0.05) is 13.8 Å². The van der Waals surface area contributed by atoms with Crippen molar-refractivity contribution < 1.29 is 13.2 Å². The molecule has 0 bridgehead atoms. The molecule has 1 N–H and O–H groups in total. The minimum absolute atomic E-state index is 0.266.